The van der Waals surface area contributed by atoms with Crippen LogP contribution in [0.1, 0.15) is 5.56 Å². The number of H-pyrrole nitrogens is 1. The van der Waals surface area contributed by atoms with Crippen molar-refractivity contribution in [3.8, 4) is 0 Å². The molecule has 0 atom stereocenters. The summed E-state index contributed by atoms with van der Waals surface area (Å²) >= 11 is 3.15. The molecule has 0 saturated carbocycles. The highest BCUT2D eigenvalue weighted by Gasteiger charge is 2.33. The molecular weight excluding hydrogens is 273 g/mol. The molecule has 3 N–H and O–H groups in total. The van der Waals surface area contributed by atoms with Gasteiger partial charge in [-0.1, -0.05) is 0 Å². The van der Waals surface area contributed by atoms with Gasteiger partial charge < -0.3 is 10.7 Å². The van der Waals surface area contributed by atoms with Crippen LogP contribution in [0.5, 0.6) is 0 Å². The summed E-state index contributed by atoms with van der Waals surface area (Å²) in [6, 6.07) is 2.31. The molecule has 0 aliphatic heterocycles. The Bertz CT molecular complexity index is 516. The molecule has 80 valence electrons. The number of nitrogens with two attached hydrogens (primary N) is 1. The SMILES string of the molecule is Nc1cc2[nH]cc(Br)c2cc1C(F)(F)F. The maximum atomic E-state index is 12.5. The van der Waals surface area contributed by atoms with E-state index in [1.807, 2.05) is 0 Å². The normalized spacial score (nSPS) is 12.3. The summed E-state index contributed by atoms with van der Waals surface area (Å²) in [5.74, 6) is 0. The zero-order chi connectivity index (χ0) is 11.2. The summed E-state index contributed by atoms with van der Waals surface area (Å²) in [5, 5.41) is 0.469. The molecule has 0 bridgehead atoms. The van der Waals surface area contributed by atoms with Crippen LogP contribution in [-0.4, -0.2) is 4.98 Å². The lowest BCUT2D eigenvalue weighted by atomic mass is 10.1. The van der Waals surface area contributed by atoms with E-state index in [1.54, 1.807) is 6.20 Å². The summed E-state index contributed by atoms with van der Waals surface area (Å²) in [5.41, 5.74) is 4.82. The van der Waals surface area contributed by atoms with Crippen LogP contribution < -0.4 is 5.73 Å². The number of halogens is 4. The minimum absolute atomic E-state index is 0.274. The molecule has 0 aliphatic carbocycles. The number of nitrogens with one attached hydrogen (secondary N) is 1. The Morgan fingerprint density at radius 3 is 2.53 bits per heavy atom. The highest BCUT2D eigenvalue weighted by atomic mass is 79.9. The van der Waals surface area contributed by atoms with Gasteiger partial charge in [0, 0.05) is 27.3 Å². The second-order valence-corrected chi connectivity index (χ2v) is 3.97. The van der Waals surface area contributed by atoms with Gasteiger partial charge in [-0.2, -0.15) is 13.2 Å². The summed E-state index contributed by atoms with van der Waals surface area (Å²) in [7, 11) is 0. The van der Waals surface area contributed by atoms with Crippen molar-refractivity contribution in [3.63, 3.8) is 0 Å². The van der Waals surface area contributed by atoms with Gasteiger partial charge in [0.1, 0.15) is 0 Å². The maximum Gasteiger partial charge on any atom is 0.418 e. The minimum atomic E-state index is -4.42. The summed E-state index contributed by atoms with van der Waals surface area (Å²) in [4.78, 5) is 2.81. The van der Waals surface area contributed by atoms with E-state index in [9.17, 15) is 13.2 Å². The largest absolute Gasteiger partial charge is 0.418 e. The first-order chi connectivity index (χ1) is 6.89. The Balaban J connectivity index is 2.76. The van der Waals surface area contributed by atoms with Crippen molar-refractivity contribution < 1.29 is 13.2 Å². The quantitative estimate of drug-likeness (QED) is 0.712. The molecular formula is C9H6BrF3N2. The average molecular weight is 279 g/mol. The first-order valence-electron chi connectivity index (χ1n) is 4.03. The van der Waals surface area contributed by atoms with Crippen molar-refractivity contribution in [2.75, 3.05) is 5.73 Å². The molecule has 2 nitrogen and oxygen atoms in total. The topological polar surface area (TPSA) is 41.8 Å². The Labute approximate surface area is 91.4 Å². The Morgan fingerprint density at radius 2 is 1.93 bits per heavy atom. The first kappa shape index (κ1) is 10.4. The smallest absolute Gasteiger partial charge is 0.398 e. The fraction of sp³-hybridized carbons (Fsp3) is 0.111. The monoisotopic (exact) mass is 278 g/mol. The molecule has 15 heavy (non-hydrogen) atoms. The van der Waals surface area contributed by atoms with Crippen LogP contribution in [0.4, 0.5) is 18.9 Å². The number of rotatable bonds is 0. The maximum absolute atomic E-state index is 12.5. The van der Waals surface area contributed by atoms with Crippen LogP contribution in [0.2, 0.25) is 0 Å². The van der Waals surface area contributed by atoms with E-state index in [0.29, 0.717) is 15.4 Å². The number of benzene rings is 1. The van der Waals surface area contributed by atoms with Gasteiger partial charge in [-0.05, 0) is 28.1 Å². The Hall–Kier alpha value is -1.17. The fourth-order valence-electron chi connectivity index (χ4n) is 1.40. The zero-order valence-electron chi connectivity index (χ0n) is 7.32. The molecule has 0 unspecified atom stereocenters. The lowest BCUT2D eigenvalue weighted by Gasteiger charge is -2.09. The molecule has 0 amide bonds. The van der Waals surface area contributed by atoms with Crippen molar-refractivity contribution in [1.29, 1.82) is 0 Å². The van der Waals surface area contributed by atoms with Gasteiger partial charge in [-0.25, -0.2) is 0 Å². The highest BCUT2D eigenvalue weighted by molar-refractivity contribution is 9.10. The molecule has 1 aromatic heterocycles. The number of nitrogen functional groups attached to an aromatic ring is 1. The average Bonchev–Trinajstić information content (AvgIpc) is 2.44. The van der Waals surface area contributed by atoms with E-state index in [4.69, 9.17) is 5.73 Å². The number of anilines is 1. The predicted molar refractivity (Wildman–Crippen MR) is 55.4 cm³/mol. The predicted octanol–water partition coefficient (Wildman–Crippen LogP) is 3.53. The molecule has 0 fully saturated rings. The van der Waals surface area contributed by atoms with Crippen molar-refractivity contribution >= 4 is 32.5 Å². The lowest BCUT2D eigenvalue weighted by molar-refractivity contribution is -0.136. The molecule has 1 aromatic carbocycles. The number of alkyl halides is 3. The van der Waals surface area contributed by atoms with Gasteiger partial charge in [0.05, 0.1) is 5.56 Å². The van der Waals surface area contributed by atoms with Crippen LogP contribution in [0.25, 0.3) is 10.9 Å². The van der Waals surface area contributed by atoms with E-state index in [1.165, 1.54) is 6.07 Å². The third kappa shape index (κ3) is 1.69. The number of hydrogen-bond donors (Lipinski definition) is 2. The van der Waals surface area contributed by atoms with E-state index < -0.39 is 11.7 Å². The summed E-state index contributed by atoms with van der Waals surface area (Å²) < 4.78 is 38.1. The van der Waals surface area contributed by atoms with E-state index in [0.717, 1.165) is 6.07 Å². The second kappa shape index (κ2) is 3.16. The van der Waals surface area contributed by atoms with E-state index in [-0.39, 0.29) is 5.69 Å². The van der Waals surface area contributed by atoms with Crippen LogP contribution in [0.3, 0.4) is 0 Å². The van der Waals surface area contributed by atoms with Crippen LogP contribution in [-0.2, 0) is 6.18 Å². The van der Waals surface area contributed by atoms with Gasteiger partial charge in [-0.3, -0.25) is 0 Å². The third-order valence-electron chi connectivity index (χ3n) is 2.11. The number of fused-ring (bicyclic) bond motifs is 1. The van der Waals surface area contributed by atoms with Crippen molar-refractivity contribution in [2.24, 2.45) is 0 Å². The molecule has 0 spiro atoms. The van der Waals surface area contributed by atoms with Gasteiger partial charge in [0.25, 0.3) is 0 Å². The van der Waals surface area contributed by atoms with Crippen molar-refractivity contribution in [3.05, 3.63) is 28.4 Å². The standard InChI is InChI=1S/C9H6BrF3N2/c10-6-3-15-8-2-7(14)5(1-4(6)8)9(11,12)13/h1-3,15H,14H2. The Morgan fingerprint density at radius 1 is 1.27 bits per heavy atom. The van der Waals surface area contributed by atoms with E-state index in [2.05, 4.69) is 20.9 Å². The molecule has 0 saturated heterocycles. The number of aromatic nitrogens is 1. The Kier molecular flexibility index (Phi) is 2.18. The van der Waals surface area contributed by atoms with Crippen molar-refractivity contribution in [1.82, 2.24) is 4.98 Å². The molecule has 2 aromatic rings. The van der Waals surface area contributed by atoms with Gasteiger partial charge in [-0.15, -0.1) is 0 Å². The van der Waals surface area contributed by atoms with Gasteiger partial charge in [0.2, 0.25) is 0 Å². The van der Waals surface area contributed by atoms with Crippen LogP contribution in [0.15, 0.2) is 22.8 Å². The van der Waals surface area contributed by atoms with Crippen LogP contribution >= 0.6 is 15.9 Å². The molecule has 0 radical (unpaired) electrons. The van der Waals surface area contributed by atoms with Gasteiger partial charge in [0.15, 0.2) is 0 Å². The van der Waals surface area contributed by atoms with Gasteiger partial charge >= 0.3 is 6.18 Å². The summed E-state index contributed by atoms with van der Waals surface area (Å²) in [6.45, 7) is 0. The minimum Gasteiger partial charge on any atom is -0.398 e. The molecule has 6 heteroatoms. The fourth-order valence-corrected chi connectivity index (χ4v) is 1.84. The first-order valence-corrected chi connectivity index (χ1v) is 4.82. The van der Waals surface area contributed by atoms with Crippen molar-refractivity contribution in [2.45, 2.75) is 6.18 Å². The van der Waals surface area contributed by atoms with Crippen LogP contribution in [0, 0.1) is 0 Å². The third-order valence-corrected chi connectivity index (χ3v) is 2.76. The zero-order valence-corrected chi connectivity index (χ0v) is 8.91. The van der Waals surface area contributed by atoms with E-state index >= 15 is 0 Å². The number of hydrogen-bond acceptors (Lipinski definition) is 1. The lowest BCUT2D eigenvalue weighted by Crippen LogP contribution is -2.08. The molecule has 2 rings (SSSR count). The molecule has 1 heterocycles. The summed E-state index contributed by atoms with van der Waals surface area (Å²) in [6.07, 6.45) is -2.85. The molecule has 0 aliphatic rings. The second-order valence-electron chi connectivity index (χ2n) is 3.12. The highest BCUT2D eigenvalue weighted by Crippen LogP contribution is 2.37. The number of aromatic amines is 1.